The van der Waals surface area contributed by atoms with Gasteiger partial charge in [0.2, 0.25) is 0 Å². The van der Waals surface area contributed by atoms with Gasteiger partial charge in [0.15, 0.2) is 5.78 Å². The molecule has 0 aliphatic heterocycles. The van der Waals surface area contributed by atoms with Gasteiger partial charge in [-0.05, 0) is 42.8 Å². The highest BCUT2D eigenvalue weighted by Crippen LogP contribution is 2.18. The number of Topliss-reactive ketones (excluding diaryl/α,β-unsaturated/α-hetero) is 1. The van der Waals surface area contributed by atoms with Crippen molar-refractivity contribution in [3.8, 4) is 0 Å². The van der Waals surface area contributed by atoms with Crippen LogP contribution >= 0.6 is 0 Å². The number of ketones is 1. The van der Waals surface area contributed by atoms with Crippen LogP contribution in [-0.2, 0) is 6.54 Å². The van der Waals surface area contributed by atoms with Gasteiger partial charge in [-0.15, -0.1) is 0 Å². The summed E-state index contributed by atoms with van der Waals surface area (Å²) in [5.41, 5.74) is 3.90. The Hall–Kier alpha value is -2.68. The fourth-order valence-electron chi connectivity index (χ4n) is 2.33. The predicted molar refractivity (Wildman–Crippen MR) is 85.5 cm³/mol. The number of rotatable bonds is 4. The minimum absolute atomic E-state index is 0.0832. The number of carbonyl (C=O) groups is 1. The highest BCUT2D eigenvalue weighted by molar-refractivity contribution is 5.94. The topological polar surface area (TPSA) is 42.0 Å². The lowest BCUT2D eigenvalue weighted by Crippen LogP contribution is -2.01. The largest absolute Gasteiger partial charge is 0.381 e. The minimum Gasteiger partial charge on any atom is -0.381 e. The summed E-state index contributed by atoms with van der Waals surface area (Å²) in [5.74, 6) is 0.0832. The number of aromatic nitrogens is 1. The summed E-state index contributed by atoms with van der Waals surface area (Å²) < 4.78 is 0. The Morgan fingerprint density at radius 2 is 1.81 bits per heavy atom. The zero-order chi connectivity index (χ0) is 14.7. The van der Waals surface area contributed by atoms with E-state index in [0.717, 1.165) is 27.7 Å². The van der Waals surface area contributed by atoms with Crippen molar-refractivity contribution in [2.75, 3.05) is 5.32 Å². The monoisotopic (exact) mass is 276 g/mol. The second-order valence-electron chi connectivity index (χ2n) is 4.98. The smallest absolute Gasteiger partial charge is 0.159 e. The summed E-state index contributed by atoms with van der Waals surface area (Å²) >= 11 is 0. The van der Waals surface area contributed by atoms with Gasteiger partial charge in [-0.3, -0.25) is 9.78 Å². The van der Waals surface area contributed by atoms with Gasteiger partial charge in [0, 0.05) is 29.4 Å². The number of anilines is 1. The molecule has 0 saturated carbocycles. The third-order valence-corrected chi connectivity index (χ3v) is 3.49. The normalized spacial score (nSPS) is 10.5. The first-order chi connectivity index (χ1) is 10.2. The zero-order valence-corrected chi connectivity index (χ0v) is 11.8. The summed E-state index contributed by atoms with van der Waals surface area (Å²) in [7, 11) is 0. The van der Waals surface area contributed by atoms with Gasteiger partial charge in [0.1, 0.15) is 0 Å². The third kappa shape index (κ3) is 2.92. The van der Waals surface area contributed by atoms with Crippen LogP contribution in [0.25, 0.3) is 10.9 Å². The lowest BCUT2D eigenvalue weighted by atomic mass is 10.1. The molecule has 1 N–H and O–H groups in total. The van der Waals surface area contributed by atoms with E-state index in [1.54, 1.807) is 6.92 Å². The molecule has 0 aliphatic carbocycles. The van der Waals surface area contributed by atoms with E-state index in [-0.39, 0.29) is 5.78 Å². The Bertz CT molecular complexity index is 773. The quantitative estimate of drug-likeness (QED) is 0.731. The Labute approximate surface area is 123 Å². The van der Waals surface area contributed by atoms with Gasteiger partial charge in [0.25, 0.3) is 0 Å². The fraction of sp³-hybridized carbons (Fsp3) is 0.111. The number of nitrogens with zero attached hydrogens (tertiary/aromatic N) is 1. The number of carbonyl (C=O) groups excluding carboxylic acids is 1. The summed E-state index contributed by atoms with van der Waals surface area (Å²) in [4.78, 5) is 15.7. The molecule has 0 saturated heterocycles. The van der Waals surface area contributed by atoms with Gasteiger partial charge in [-0.25, -0.2) is 0 Å². The number of hydrogen-bond donors (Lipinski definition) is 1. The molecular weight excluding hydrogens is 260 g/mol. The third-order valence-electron chi connectivity index (χ3n) is 3.49. The van der Waals surface area contributed by atoms with Crippen molar-refractivity contribution in [1.29, 1.82) is 0 Å². The van der Waals surface area contributed by atoms with Crippen molar-refractivity contribution in [2.24, 2.45) is 0 Å². The molecule has 0 fully saturated rings. The molecule has 0 unspecified atom stereocenters. The Morgan fingerprint density at radius 1 is 1.05 bits per heavy atom. The molecule has 3 aromatic rings. The highest BCUT2D eigenvalue weighted by Gasteiger charge is 2.02. The lowest BCUT2D eigenvalue weighted by molar-refractivity contribution is 0.101. The average Bonchev–Trinajstić information content (AvgIpc) is 2.53. The average molecular weight is 276 g/mol. The molecule has 0 bridgehead atoms. The first kappa shape index (κ1) is 13.3. The number of pyridine rings is 1. The van der Waals surface area contributed by atoms with Crippen LogP contribution < -0.4 is 5.32 Å². The first-order valence-electron chi connectivity index (χ1n) is 6.91. The molecule has 2 aromatic carbocycles. The van der Waals surface area contributed by atoms with E-state index in [1.165, 1.54) is 0 Å². The standard InChI is InChI=1S/C18H16N2O/c1-13(21)14-7-9-17(10-8-14)20-12-16-5-2-4-15-6-3-11-19-18(15)16/h2-11,20H,12H2,1H3. The molecule has 0 aliphatic rings. The summed E-state index contributed by atoms with van der Waals surface area (Å²) in [6, 6.07) is 17.7. The minimum atomic E-state index is 0.0832. The molecule has 1 heterocycles. The second-order valence-corrected chi connectivity index (χ2v) is 4.98. The van der Waals surface area contributed by atoms with E-state index >= 15 is 0 Å². The van der Waals surface area contributed by atoms with E-state index < -0.39 is 0 Å². The summed E-state index contributed by atoms with van der Waals surface area (Å²) in [6.07, 6.45) is 1.81. The van der Waals surface area contributed by atoms with Crippen LogP contribution in [0.2, 0.25) is 0 Å². The van der Waals surface area contributed by atoms with Gasteiger partial charge >= 0.3 is 0 Å². The Kier molecular flexibility index (Phi) is 3.65. The van der Waals surface area contributed by atoms with Crippen LogP contribution in [0.4, 0.5) is 5.69 Å². The molecule has 104 valence electrons. The molecule has 3 rings (SSSR count). The number of fused-ring (bicyclic) bond motifs is 1. The van der Waals surface area contributed by atoms with E-state index in [4.69, 9.17) is 0 Å². The van der Waals surface area contributed by atoms with Crippen molar-refractivity contribution in [3.05, 3.63) is 71.9 Å². The van der Waals surface area contributed by atoms with Crippen molar-refractivity contribution < 1.29 is 4.79 Å². The number of hydrogen-bond acceptors (Lipinski definition) is 3. The van der Waals surface area contributed by atoms with Crippen LogP contribution in [0.1, 0.15) is 22.8 Å². The van der Waals surface area contributed by atoms with E-state index in [0.29, 0.717) is 6.54 Å². The lowest BCUT2D eigenvalue weighted by Gasteiger charge is -2.09. The molecule has 1 aromatic heterocycles. The second kappa shape index (κ2) is 5.75. The molecule has 0 amide bonds. The zero-order valence-electron chi connectivity index (χ0n) is 11.8. The molecule has 21 heavy (non-hydrogen) atoms. The SMILES string of the molecule is CC(=O)c1ccc(NCc2cccc3cccnc23)cc1. The number of para-hydroxylation sites is 1. The van der Waals surface area contributed by atoms with Gasteiger partial charge < -0.3 is 5.32 Å². The highest BCUT2D eigenvalue weighted by atomic mass is 16.1. The maximum Gasteiger partial charge on any atom is 0.159 e. The van der Waals surface area contributed by atoms with Gasteiger partial charge in [0.05, 0.1) is 5.52 Å². The van der Waals surface area contributed by atoms with Crippen molar-refractivity contribution in [3.63, 3.8) is 0 Å². The number of nitrogens with one attached hydrogen (secondary N) is 1. The fourth-order valence-corrected chi connectivity index (χ4v) is 2.33. The summed E-state index contributed by atoms with van der Waals surface area (Å²) in [5, 5.41) is 4.51. The van der Waals surface area contributed by atoms with Crippen molar-refractivity contribution in [1.82, 2.24) is 4.98 Å². The first-order valence-corrected chi connectivity index (χ1v) is 6.91. The van der Waals surface area contributed by atoms with E-state index in [9.17, 15) is 4.79 Å². The van der Waals surface area contributed by atoms with Crippen LogP contribution in [0.15, 0.2) is 60.8 Å². The van der Waals surface area contributed by atoms with Crippen LogP contribution in [0.3, 0.4) is 0 Å². The maximum absolute atomic E-state index is 11.3. The van der Waals surface area contributed by atoms with Crippen molar-refractivity contribution in [2.45, 2.75) is 13.5 Å². The molecule has 0 spiro atoms. The van der Waals surface area contributed by atoms with Crippen LogP contribution in [0, 0.1) is 0 Å². The van der Waals surface area contributed by atoms with Crippen LogP contribution in [0.5, 0.6) is 0 Å². The molecule has 3 nitrogen and oxygen atoms in total. The van der Waals surface area contributed by atoms with Crippen LogP contribution in [-0.4, -0.2) is 10.8 Å². The van der Waals surface area contributed by atoms with Gasteiger partial charge in [-0.2, -0.15) is 0 Å². The Morgan fingerprint density at radius 3 is 2.57 bits per heavy atom. The predicted octanol–water partition coefficient (Wildman–Crippen LogP) is 4.05. The Balaban J connectivity index is 1.79. The molecule has 3 heteroatoms. The molecule has 0 radical (unpaired) electrons. The molecular formula is C18H16N2O. The maximum atomic E-state index is 11.3. The molecule has 0 atom stereocenters. The van der Waals surface area contributed by atoms with Gasteiger partial charge in [-0.1, -0.05) is 24.3 Å². The van der Waals surface area contributed by atoms with E-state index in [1.807, 2.05) is 42.6 Å². The van der Waals surface area contributed by atoms with Crippen molar-refractivity contribution >= 4 is 22.4 Å². The summed E-state index contributed by atoms with van der Waals surface area (Å²) in [6.45, 7) is 2.28. The van der Waals surface area contributed by atoms with E-state index in [2.05, 4.69) is 28.5 Å². The number of benzene rings is 2.